The molecule has 2 aromatic carbocycles. The van der Waals surface area contributed by atoms with E-state index in [2.05, 4.69) is 0 Å². The molecule has 1 aliphatic rings. The van der Waals surface area contributed by atoms with Crippen molar-refractivity contribution < 1.29 is 32.9 Å². The first kappa shape index (κ1) is 20.5. The highest BCUT2D eigenvalue weighted by atomic mass is 19.1. The Morgan fingerprint density at radius 3 is 2.62 bits per heavy atom. The molecule has 0 aliphatic carbocycles. The molecule has 3 rings (SSSR count). The van der Waals surface area contributed by atoms with Gasteiger partial charge in [-0.25, -0.2) is 8.78 Å². The van der Waals surface area contributed by atoms with Gasteiger partial charge in [-0.1, -0.05) is 6.07 Å². The van der Waals surface area contributed by atoms with Crippen molar-refractivity contribution in [2.24, 2.45) is 0 Å². The molecule has 2 aromatic rings. The third-order valence-corrected chi connectivity index (χ3v) is 4.26. The van der Waals surface area contributed by atoms with Gasteiger partial charge in [0.25, 0.3) is 0 Å². The second-order valence-electron chi connectivity index (χ2n) is 6.93. The highest BCUT2D eigenvalue weighted by Crippen LogP contribution is 2.44. The van der Waals surface area contributed by atoms with Crippen LogP contribution >= 0.6 is 0 Å². The fraction of sp³-hybridized carbons (Fsp3) is 0.227. The Morgan fingerprint density at radius 2 is 1.97 bits per heavy atom. The molecule has 0 saturated carbocycles. The van der Waals surface area contributed by atoms with Gasteiger partial charge in [-0.05, 0) is 50.3 Å². The third-order valence-electron chi connectivity index (χ3n) is 4.26. The zero-order valence-electron chi connectivity index (χ0n) is 16.2. The number of phenols is 1. The van der Waals surface area contributed by atoms with Crippen molar-refractivity contribution in [1.29, 1.82) is 0 Å². The number of halogens is 2. The molecule has 1 aliphatic heterocycles. The first-order valence-electron chi connectivity index (χ1n) is 8.80. The SMILES string of the molecule is COCOc1cc(O)c(C(=O)/C=C/c2c(F)cccc2F)c2c1C=CC(C)(C)O2. The van der Waals surface area contributed by atoms with Crippen molar-refractivity contribution in [1.82, 2.24) is 0 Å². The number of phenolic OH excluding ortho intramolecular Hbond substituents is 1. The highest BCUT2D eigenvalue weighted by Gasteiger charge is 2.30. The second-order valence-corrected chi connectivity index (χ2v) is 6.93. The van der Waals surface area contributed by atoms with E-state index in [4.69, 9.17) is 14.2 Å². The van der Waals surface area contributed by atoms with Crippen LogP contribution in [0.3, 0.4) is 0 Å². The number of rotatable bonds is 6. The van der Waals surface area contributed by atoms with Crippen LogP contribution in [0.5, 0.6) is 17.2 Å². The van der Waals surface area contributed by atoms with Crippen LogP contribution < -0.4 is 9.47 Å². The zero-order chi connectivity index (χ0) is 21.2. The minimum atomic E-state index is -0.802. The Kier molecular flexibility index (Phi) is 5.70. The molecular weight excluding hydrogens is 382 g/mol. The van der Waals surface area contributed by atoms with Gasteiger partial charge in [0.15, 0.2) is 12.6 Å². The Hall–Kier alpha value is -3.19. The summed E-state index contributed by atoms with van der Waals surface area (Å²) >= 11 is 0. The molecular formula is C22H20F2O5. The largest absolute Gasteiger partial charge is 0.507 e. The van der Waals surface area contributed by atoms with E-state index < -0.39 is 23.0 Å². The quantitative estimate of drug-likeness (QED) is 0.430. The maximum atomic E-state index is 13.8. The number of carbonyl (C=O) groups is 1. The summed E-state index contributed by atoms with van der Waals surface area (Å²) in [5, 5.41) is 10.5. The van der Waals surface area contributed by atoms with E-state index in [1.807, 2.05) is 0 Å². The summed E-state index contributed by atoms with van der Waals surface area (Å²) in [5.41, 5.74) is -0.769. The van der Waals surface area contributed by atoms with Gasteiger partial charge in [0.2, 0.25) is 0 Å². The van der Waals surface area contributed by atoms with E-state index in [1.54, 1.807) is 26.0 Å². The standard InChI is InChI=1S/C22H20F2O5/c1-22(2)10-9-14-19(28-12-27-3)11-18(26)20(21(14)29-22)17(25)8-7-13-15(23)5-4-6-16(13)24/h4-11,26H,12H2,1-3H3/b8-7+. The topological polar surface area (TPSA) is 65.0 Å². The molecule has 0 bridgehead atoms. The number of hydrogen-bond acceptors (Lipinski definition) is 5. The fourth-order valence-electron chi connectivity index (χ4n) is 2.87. The normalized spacial score (nSPS) is 14.5. The Balaban J connectivity index is 2.06. The van der Waals surface area contributed by atoms with E-state index >= 15 is 0 Å². The minimum absolute atomic E-state index is 0.0666. The number of methoxy groups -OCH3 is 1. The van der Waals surface area contributed by atoms with Crippen molar-refractivity contribution in [2.45, 2.75) is 19.4 Å². The molecule has 0 unspecified atom stereocenters. The van der Waals surface area contributed by atoms with E-state index in [-0.39, 0.29) is 35.2 Å². The summed E-state index contributed by atoms with van der Waals surface area (Å²) in [6.07, 6.45) is 5.52. The first-order chi connectivity index (χ1) is 13.7. The number of ketones is 1. The smallest absolute Gasteiger partial charge is 0.193 e. The first-order valence-corrected chi connectivity index (χ1v) is 8.80. The van der Waals surface area contributed by atoms with Crippen molar-refractivity contribution in [3.05, 3.63) is 64.7 Å². The monoisotopic (exact) mass is 402 g/mol. The van der Waals surface area contributed by atoms with Crippen molar-refractivity contribution in [3.8, 4) is 17.2 Å². The molecule has 0 spiro atoms. The van der Waals surface area contributed by atoms with Crippen molar-refractivity contribution in [3.63, 3.8) is 0 Å². The Labute approximate surface area is 166 Å². The third kappa shape index (κ3) is 4.30. The van der Waals surface area contributed by atoms with Crippen LogP contribution in [0.4, 0.5) is 8.78 Å². The summed E-state index contributed by atoms with van der Waals surface area (Å²) in [4.78, 5) is 12.8. The highest BCUT2D eigenvalue weighted by molar-refractivity contribution is 6.11. The van der Waals surface area contributed by atoms with E-state index in [0.29, 0.717) is 5.56 Å². The minimum Gasteiger partial charge on any atom is -0.507 e. The molecule has 0 radical (unpaired) electrons. The van der Waals surface area contributed by atoms with Gasteiger partial charge >= 0.3 is 0 Å². The average Bonchev–Trinajstić information content (AvgIpc) is 2.64. The number of carbonyl (C=O) groups excluding carboxylic acids is 1. The summed E-state index contributed by atoms with van der Waals surface area (Å²) in [6.45, 7) is 3.50. The number of fused-ring (bicyclic) bond motifs is 1. The van der Waals surface area contributed by atoms with Gasteiger partial charge in [0.05, 0.1) is 5.56 Å². The predicted octanol–water partition coefficient (Wildman–Crippen LogP) is 4.73. The number of allylic oxidation sites excluding steroid dienone is 1. The maximum Gasteiger partial charge on any atom is 0.193 e. The lowest BCUT2D eigenvalue weighted by atomic mass is 9.96. The van der Waals surface area contributed by atoms with E-state index in [9.17, 15) is 18.7 Å². The lowest BCUT2D eigenvalue weighted by molar-refractivity contribution is 0.0502. The molecule has 0 fully saturated rings. The van der Waals surface area contributed by atoms with Crippen LogP contribution in [0.1, 0.15) is 35.3 Å². The molecule has 0 aromatic heterocycles. The van der Waals surface area contributed by atoms with Gasteiger partial charge in [-0.2, -0.15) is 0 Å². The molecule has 1 heterocycles. The van der Waals surface area contributed by atoms with Crippen LogP contribution in [0, 0.1) is 11.6 Å². The summed E-state index contributed by atoms with van der Waals surface area (Å²) in [5.74, 6) is -2.28. The summed E-state index contributed by atoms with van der Waals surface area (Å²) in [7, 11) is 1.45. The predicted molar refractivity (Wildman–Crippen MR) is 104 cm³/mol. The Morgan fingerprint density at radius 1 is 1.28 bits per heavy atom. The lowest BCUT2D eigenvalue weighted by Crippen LogP contribution is -2.28. The summed E-state index contributed by atoms with van der Waals surface area (Å²) < 4.78 is 43.9. The van der Waals surface area contributed by atoms with E-state index in [1.165, 1.54) is 19.2 Å². The molecule has 0 atom stereocenters. The number of hydrogen-bond donors (Lipinski definition) is 1. The molecule has 29 heavy (non-hydrogen) atoms. The average molecular weight is 402 g/mol. The molecule has 5 nitrogen and oxygen atoms in total. The Bertz CT molecular complexity index is 988. The molecule has 7 heteroatoms. The van der Waals surface area contributed by atoms with Crippen LogP contribution in [-0.4, -0.2) is 30.4 Å². The van der Waals surface area contributed by atoms with Crippen LogP contribution in [0.25, 0.3) is 12.2 Å². The maximum absolute atomic E-state index is 13.8. The van der Waals surface area contributed by atoms with Gasteiger partial charge < -0.3 is 19.3 Å². The summed E-state index contributed by atoms with van der Waals surface area (Å²) in [6, 6.07) is 4.68. The molecule has 0 saturated heterocycles. The van der Waals surface area contributed by atoms with Crippen molar-refractivity contribution in [2.75, 3.05) is 13.9 Å². The van der Waals surface area contributed by atoms with Crippen LogP contribution in [0.2, 0.25) is 0 Å². The van der Waals surface area contributed by atoms with Gasteiger partial charge in [-0.3, -0.25) is 4.79 Å². The molecule has 152 valence electrons. The van der Waals surface area contributed by atoms with E-state index in [0.717, 1.165) is 24.3 Å². The van der Waals surface area contributed by atoms with Crippen LogP contribution in [0.15, 0.2) is 36.4 Å². The number of benzene rings is 2. The zero-order valence-corrected chi connectivity index (χ0v) is 16.2. The van der Waals surface area contributed by atoms with Gasteiger partial charge in [0.1, 0.15) is 40.0 Å². The van der Waals surface area contributed by atoms with Gasteiger partial charge in [-0.15, -0.1) is 0 Å². The number of aromatic hydroxyl groups is 1. The molecule has 0 amide bonds. The van der Waals surface area contributed by atoms with Crippen molar-refractivity contribution >= 4 is 17.9 Å². The lowest BCUT2D eigenvalue weighted by Gasteiger charge is -2.30. The van der Waals surface area contributed by atoms with Gasteiger partial charge in [0, 0.05) is 18.7 Å². The number of ether oxygens (including phenoxy) is 3. The molecule has 1 N–H and O–H groups in total. The fourth-order valence-corrected chi connectivity index (χ4v) is 2.87. The second kappa shape index (κ2) is 8.05. The van der Waals surface area contributed by atoms with Crippen LogP contribution in [-0.2, 0) is 4.74 Å².